The van der Waals surface area contributed by atoms with Gasteiger partial charge in [-0.2, -0.15) is 5.26 Å². The molecule has 0 bridgehead atoms. The summed E-state index contributed by atoms with van der Waals surface area (Å²) in [6.07, 6.45) is 6.43. The van der Waals surface area contributed by atoms with Crippen molar-refractivity contribution in [3.63, 3.8) is 0 Å². The molecule has 1 aromatic heterocycles. The third kappa shape index (κ3) is 5.06. The topological polar surface area (TPSA) is 122 Å². The molecule has 148 valence electrons. The predicted octanol–water partition coefficient (Wildman–Crippen LogP) is 3.60. The Morgan fingerprint density at radius 1 is 1.28 bits per heavy atom. The van der Waals surface area contributed by atoms with Crippen LogP contribution in [0.2, 0.25) is 0 Å². The average Bonchev–Trinajstić information content (AvgIpc) is 3.07. The number of benzene rings is 1. The van der Waals surface area contributed by atoms with Crippen molar-refractivity contribution in [1.29, 1.82) is 5.26 Å². The second-order valence-electron chi connectivity index (χ2n) is 6.36. The highest BCUT2D eigenvalue weighted by atomic mass is 32.1. The van der Waals surface area contributed by atoms with Crippen molar-refractivity contribution in [2.24, 2.45) is 0 Å². The van der Waals surface area contributed by atoms with Gasteiger partial charge < -0.3 is 10.1 Å². The molecular weight excluding hydrogens is 394 g/mol. The Hall–Kier alpha value is -3.51. The second kappa shape index (κ2) is 9.12. The molecule has 1 aliphatic carbocycles. The van der Waals surface area contributed by atoms with Gasteiger partial charge in [0.1, 0.15) is 11.1 Å². The van der Waals surface area contributed by atoms with Gasteiger partial charge in [0, 0.05) is 23.1 Å². The molecule has 0 fully saturated rings. The first-order chi connectivity index (χ1) is 14.0. The van der Waals surface area contributed by atoms with E-state index in [4.69, 9.17) is 4.74 Å². The Morgan fingerprint density at radius 3 is 2.69 bits per heavy atom. The minimum Gasteiger partial charge on any atom is -0.452 e. The van der Waals surface area contributed by atoms with Gasteiger partial charge in [0.25, 0.3) is 11.6 Å². The van der Waals surface area contributed by atoms with Gasteiger partial charge >= 0.3 is 5.97 Å². The highest BCUT2D eigenvalue weighted by Crippen LogP contribution is 2.37. The van der Waals surface area contributed by atoms with Gasteiger partial charge in [-0.15, -0.1) is 11.3 Å². The lowest BCUT2D eigenvalue weighted by Crippen LogP contribution is -2.20. The standard InChI is InChI=1S/C20H17N3O5S/c21-11-16-15-3-1-2-4-17(15)29-20(16)22-18(24)12-28-19(25)10-7-13-5-8-14(9-6-13)23(26)27/h5-10H,1-4,12H2,(H,22,24)/b10-7+. The quantitative estimate of drug-likeness (QED) is 0.335. The minimum absolute atomic E-state index is 0.0478. The van der Waals surface area contributed by atoms with Crippen molar-refractivity contribution in [1.82, 2.24) is 0 Å². The van der Waals surface area contributed by atoms with Crippen LogP contribution in [0.15, 0.2) is 30.3 Å². The zero-order valence-electron chi connectivity index (χ0n) is 15.3. The minimum atomic E-state index is -0.718. The second-order valence-corrected chi connectivity index (χ2v) is 7.47. The van der Waals surface area contributed by atoms with Crippen LogP contribution in [-0.4, -0.2) is 23.4 Å². The van der Waals surface area contributed by atoms with Gasteiger partial charge in [0.05, 0.1) is 10.5 Å². The Kier molecular flexibility index (Phi) is 6.36. The summed E-state index contributed by atoms with van der Waals surface area (Å²) in [5.74, 6) is -1.23. The van der Waals surface area contributed by atoms with E-state index in [-0.39, 0.29) is 5.69 Å². The van der Waals surface area contributed by atoms with Gasteiger partial charge in [-0.05, 0) is 55.0 Å². The van der Waals surface area contributed by atoms with Crippen LogP contribution in [0.3, 0.4) is 0 Å². The van der Waals surface area contributed by atoms with Gasteiger partial charge in [-0.3, -0.25) is 14.9 Å². The largest absolute Gasteiger partial charge is 0.452 e. The highest BCUT2D eigenvalue weighted by Gasteiger charge is 2.21. The zero-order chi connectivity index (χ0) is 20.8. The summed E-state index contributed by atoms with van der Waals surface area (Å²) in [6, 6.07) is 7.80. The van der Waals surface area contributed by atoms with Crippen LogP contribution in [-0.2, 0) is 27.2 Å². The number of carbonyl (C=O) groups is 2. The van der Waals surface area contributed by atoms with Crippen molar-refractivity contribution < 1.29 is 19.2 Å². The molecule has 3 rings (SSSR count). The first kappa shape index (κ1) is 20.2. The molecule has 0 unspecified atom stereocenters. The Bertz CT molecular complexity index is 1020. The fraction of sp³-hybridized carbons (Fsp3) is 0.250. The lowest BCUT2D eigenvalue weighted by atomic mass is 9.96. The van der Waals surface area contributed by atoms with Crippen molar-refractivity contribution in [2.75, 3.05) is 11.9 Å². The number of non-ortho nitro benzene ring substituents is 1. The SMILES string of the molecule is N#Cc1c(NC(=O)COC(=O)/C=C/c2ccc([N+](=O)[O-])cc2)sc2c1CCCC2. The lowest BCUT2D eigenvalue weighted by molar-refractivity contribution is -0.384. The molecule has 0 saturated heterocycles. The number of rotatable bonds is 6. The van der Waals surface area contributed by atoms with Gasteiger partial charge in [-0.25, -0.2) is 4.79 Å². The fourth-order valence-electron chi connectivity index (χ4n) is 2.99. The number of fused-ring (bicyclic) bond motifs is 1. The van der Waals surface area contributed by atoms with Gasteiger partial charge in [0.2, 0.25) is 0 Å². The Balaban J connectivity index is 1.53. The number of aryl methyl sites for hydroxylation is 1. The molecule has 0 saturated carbocycles. The van der Waals surface area contributed by atoms with Crippen molar-refractivity contribution in [2.45, 2.75) is 25.7 Å². The molecule has 8 nitrogen and oxygen atoms in total. The maximum absolute atomic E-state index is 12.1. The number of nitro benzene ring substituents is 1. The van der Waals surface area contributed by atoms with Crippen LogP contribution in [0, 0.1) is 21.4 Å². The molecule has 1 heterocycles. The number of amides is 1. The van der Waals surface area contributed by atoms with Crippen LogP contribution >= 0.6 is 11.3 Å². The van der Waals surface area contributed by atoms with E-state index in [9.17, 15) is 25.0 Å². The highest BCUT2D eigenvalue weighted by molar-refractivity contribution is 7.16. The van der Waals surface area contributed by atoms with Crippen LogP contribution < -0.4 is 5.32 Å². The Morgan fingerprint density at radius 2 is 2.00 bits per heavy atom. The number of ether oxygens (including phenoxy) is 1. The van der Waals surface area contributed by atoms with E-state index >= 15 is 0 Å². The molecule has 9 heteroatoms. The maximum atomic E-state index is 12.1. The number of hydrogen-bond acceptors (Lipinski definition) is 7. The zero-order valence-corrected chi connectivity index (χ0v) is 16.2. The summed E-state index contributed by atoms with van der Waals surface area (Å²) in [5.41, 5.74) is 2.05. The van der Waals surface area contributed by atoms with E-state index in [1.54, 1.807) is 0 Å². The Labute approximate surface area is 170 Å². The van der Waals surface area contributed by atoms with Crippen molar-refractivity contribution in [3.05, 3.63) is 62.0 Å². The number of nitriles is 1. The van der Waals surface area contributed by atoms with Crippen molar-refractivity contribution in [3.8, 4) is 6.07 Å². The first-order valence-electron chi connectivity index (χ1n) is 8.91. The molecule has 0 radical (unpaired) electrons. The lowest BCUT2D eigenvalue weighted by Gasteiger charge is -2.09. The predicted molar refractivity (Wildman–Crippen MR) is 107 cm³/mol. The number of thiophene rings is 1. The van der Waals surface area contributed by atoms with Crippen LogP contribution in [0.4, 0.5) is 10.7 Å². The number of nitrogens with one attached hydrogen (secondary N) is 1. The number of hydrogen-bond donors (Lipinski definition) is 1. The molecule has 1 aliphatic rings. The number of nitro groups is 1. The molecular formula is C20H17N3O5S. The molecule has 1 aromatic carbocycles. The summed E-state index contributed by atoms with van der Waals surface area (Å²) < 4.78 is 4.91. The summed E-state index contributed by atoms with van der Waals surface area (Å²) in [5, 5.41) is 23.2. The third-order valence-electron chi connectivity index (χ3n) is 4.40. The van der Waals surface area contributed by atoms with Gasteiger partial charge in [0.15, 0.2) is 6.61 Å². The number of anilines is 1. The van der Waals surface area contributed by atoms with Crippen LogP contribution in [0.1, 0.15) is 34.4 Å². The molecule has 0 spiro atoms. The van der Waals surface area contributed by atoms with E-state index in [2.05, 4.69) is 11.4 Å². The third-order valence-corrected chi connectivity index (χ3v) is 5.60. The molecule has 2 aromatic rings. The van der Waals surface area contributed by atoms with E-state index in [1.165, 1.54) is 41.7 Å². The summed E-state index contributed by atoms with van der Waals surface area (Å²) >= 11 is 1.40. The molecule has 0 aliphatic heterocycles. The molecule has 29 heavy (non-hydrogen) atoms. The van der Waals surface area contributed by atoms with E-state index < -0.39 is 23.4 Å². The van der Waals surface area contributed by atoms with E-state index in [1.807, 2.05) is 0 Å². The molecule has 1 amide bonds. The number of carbonyl (C=O) groups excluding carboxylic acids is 2. The fourth-order valence-corrected chi connectivity index (χ4v) is 4.25. The van der Waals surface area contributed by atoms with Crippen molar-refractivity contribution >= 4 is 40.0 Å². The maximum Gasteiger partial charge on any atom is 0.331 e. The smallest absolute Gasteiger partial charge is 0.331 e. The summed E-state index contributed by atoms with van der Waals surface area (Å²) in [7, 11) is 0. The van der Waals surface area contributed by atoms with Crippen LogP contribution in [0.25, 0.3) is 6.08 Å². The monoisotopic (exact) mass is 411 g/mol. The normalized spacial score (nSPS) is 12.8. The summed E-state index contributed by atoms with van der Waals surface area (Å²) in [6.45, 7) is -0.475. The molecule has 0 atom stereocenters. The van der Waals surface area contributed by atoms with E-state index in [0.29, 0.717) is 16.1 Å². The van der Waals surface area contributed by atoms with Gasteiger partial charge in [-0.1, -0.05) is 0 Å². The average molecular weight is 411 g/mol. The number of esters is 1. The van der Waals surface area contributed by atoms with Crippen LogP contribution in [0.5, 0.6) is 0 Å². The summed E-state index contributed by atoms with van der Waals surface area (Å²) in [4.78, 5) is 35.1. The number of nitrogens with zero attached hydrogens (tertiary/aromatic N) is 2. The van der Waals surface area contributed by atoms with E-state index in [0.717, 1.165) is 42.2 Å². The first-order valence-corrected chi connectivity index (χ1v) is 9.73. The molecule has 1 N–H and O–H groups in total.